The number of nitrogens with zero attached hydrogens (tertiary/aromatic N) is 4. The van der Waals surface area contributed by atoms with Crippen molar-refractivity contribution >= 4 is 50.3 Å². The van der Waals surface area contributed by atoms with Crippen LogP contribution in [0.5, 0.6) is 5.75 Å². The fraction of sp³-hybridized carbons (Fsp3) is 0.0870. The third kappa shape index (κ3) is 4.82. The maximum absolute atomic E-state index is 14.0. The van der Waals surface area contributed by atoms with Crippen LogP contribution in [0.2, 0.25) is 5.02 Å². The number of aromatic nitrogens is 2. The Hall–Kier alpha value is -3.63. The predicted octanol–water partition coefficient (Wildman–Crippen LogP) is 5.63. The highest BCUT2D eigenvalue weighted by Gasteiger charge is 2.21. The summed E-state index contributed by atoms with van der Waals surface area (Å²) < 4.78 is 21.4. The second-order valence-electron chi connectivity index (χ2n) is 7.16. The van der Waals surface area contributed by atoms with Crippen molar-refractivity contribution in [2.24, 2.45) is 5.10 Å². The third-order valence-corrected chi connectivity index (χ3v) is 5.58. The zero-order valence-corrected chi connectivity index (χ0v) is 19.9. The molecule has 4 rings (SSSR count). The van der Waals surface area contributed by atoms with E-state index in [4.69, 9.17) is 16.3 Å². The lowest BCUT2D eigenvalue weighted by Crippen LogP contribution is -2.20. The van der Waals surface area contributed by atoms with Gasteiger partial charge in [0.15, 0.2) is 0 Å². The maximum Gasteiger partial charge on any atom is 0.313 e. The van der Waals surface area contributed by atoms with Crippen molar-refractivity contribution in [3.8, 4) is 5.75 Å². The Kier molecular flexibility index (Phi) is 6.71. The minimum absolute atomic E-state index is 0.0658. The molecule has 0 saturated carbocycles. The van der Waals surface area contributed by atoms with Gasteiger partial charge in [0.2, 0.25) is 5.75 Å². The van der Waals surface area contributed by atoms with Crippen molar-refractivity contribution in [3.63, 3.8) is 0 Å². The fourth-order valence-electron chi connectivity index (χ4n) is 3.27. The normalized spacial score (nSPS) is 11.3. The van der Waals surface area contributed by atoms with Crippen LogP contribution in [0.25, 0.3) is 10.9 Å². The van der Waals surface area contributed by atoms with Gasteiger partial charge in [0.05, 0.1) is 22.0 Å². The number of nitro groups is 1. The van der Waals surface area contributed by atoms with E-state index in [1.807, 2.05) is 0 Å². The zero-order chi connectivity index (χ0) is 24.4. The topological polar surface area (TPSA) is 99.6 Å². The second-order valence-corrected chi connectivity index (χ2v) is 8.51. The Bertz CT molecular complexity index is 1520. The van der Waals surface area contributed by atoms with E-state index < -0.39 is 22.0 Å². The summed E-state index contributed by atoms with van der Waals surface area (Å²) >= 11 is 9.41. The minimum Gasteiger partial charge on any atom is -0.481 e. The quantitative estimate of drug-likeness (QED) is 0.178. The highest BCUT2D eigenvalue weighted by molar-refractivity contribution is 9.10. The molecule has 0 aliphatic carbocycles. The van der Waals surface area contributed by atoms with E-state index in [2.05, 4.69) is 26.0 Å². The third-order valence-electron chi connectivity index (χ3n) is 4.87. The Morgan fingerprint density at radius 3 is 2.76 bits per heavy atom. The van der Waals surface area contributed by atoms with Gasteiger partial charge in [-0.15, -0.1) is 0 Å². The Morgan fingerprint density at radius 2 is 2.03 bits per heavy atom. The molecule has 0 N–H and O–H groups in total. The van der Waals surface area contributed by atoms with E-state index in [1.54, 1.807) is 31.2 Å². The lowest BCUT2D eigenvalue weighted by molar-refractivity contribution is -0.385. The first-order chi connectivity index (χ1) is 16.2. The van der Waals surface area contributed by atoms with Crippen LogP contribution in [0.4, 0.5) is 10.1 Å². The standard InChI is InChI=1S/C23H15BrClFN4O4/c1-13-28-20-7-6-16(24)9-18(20)23(31)29(13)27-11-15-8-17(25)10-21(30(32)33)22(15)34-12-14-4-2-3-5-19(14)26/h2-11H,12H2,1H3. The van der Waals surface area contributed by atoms with Gasteiger partial charge in [-0.25, -0.2) is 9.37 Å². The maximum atomic E-state index is 14.0. The first-order valence-electron chi connectivity index (χ1n) is 9.82. The zero-order valence-electron chi connectivity index (χ0n) is 17.5. The van der Waals surface area contributed by atoms with Gasteiger partial charge in [-0.2, -0.15) is 9.78 Å². The molecule has 172 valence electrons. The molecule has 0 atom stereocenters. The monoisotopic (exact) mass is 544 g/mol. The van der Waals surface area contributed by atoms with E-state index in [1.165, 1.54) is 30.5 Å². The summed E-state index contributed by atoms with van der Waals surface area (Å²) in [5, 5.41) is 16.2. The summed E-state index contributed by atoms with van der Waals surface area (Å²) in [6.45, 7) is 1.34. The molecule has 0 aliphatic rings. The number of fused-ring (bicyclic) bond motifs is 1. The summed E-state index contributed by atoms with van der Waals surface area (Å²) in [7, 11) is 0. The van der Waals surface area contributed by atoms with Crippen LogP contribution in [0.3, 0.4) is 0 Å². The van der Waals surface area contributed by atoms with Gasteiger partial charge < -0.3 is 4.74 Å². The summed E-state index contributed by atoms with van der Waals surface area (Å²) in [6, 6.07) is 13.6. The van der Waals surface area contributed by atoms with Crippen molar-refractivity contribution in [3.05, 3.63) is 107 Å². The van der Waals surface area contributed by atoms with Gasteiger partial charge in [0.1, 0.15) is 18.2 Å². The number of halogens is 3. The number of hydrogen-bond donors (Lipinski definition) is 0. The largest absolute Gasteiger partial charge is 0.481 e. The predicted molar refractivity (Wildman–Crippen MR) is 130 cm³/mol. The van der Waals surface area contributed by atoms with Crippen molar-refractivity contribution < 1.29 is 14.1 Å². The number of nitro benzene ring substituents is 1. The van der Waals surface area contributed by atoms with Gasteiger partial charge in [0, 0.05) is 26.7 Å². The molecule has 0 spiro atoms. The van der Waals surface area contributed by atoms with Gasteiger partial charge in [-0.3, -0.25) is 14.9 Å². The molecular formula is C23H15BrClFN4O4. The van der Waals surface area contributed by atoms with E-state index in [9.17, 15) is 19.3 Å². The Balaban J connectivity index is 1.79. The van der Waals surface area contributed by atoms with E-state index in [-0.39, 0.29) is 28.5 Å². The Morgan fingerprint density at radius 1 is 1.26 bits per heavy atom. The van der Waals surface area contributed by atoms with Crippen LogP contribution < -0.4 is 10.3 Å². The minimum atomic E-state index is -0.660. The van der Waals surface area contributed by atoms with Crippen molar-refractivity contribution in [1.82, 2.24) is 9.66 Å². The molecule has 11 heteroatoms. The average molecular weight is 546 g/mol. The lowest BCUT2D eigenvalue weighted by atomic mass is 10.1. The van der Waals surface area contributed by atoms with Crippen molar-refractivity contribution in [1.29, 1.82) is 0 Å². The first-order valence-corrected chi connectivity index (χ1v) is 11.0. The van der Waals surface area contributed by atoms with E-state index >= 15 is 0 Å². The number of aryl methyl sites for hydroxylation is 1. The van der Waals surface area contributed by atoms with Gasteiger partial charge in [-0.1, -0.05) is 45.7 Å². The van der Waals surface area contributed by atoms with Crippen LogP contribution in [-0.2, 0) is 6.61 Å². The molecule has 0 bridgehead atoms. The van der Waals surface area contributed by atoms with E-state index in [0.29, 0.717) is 21.2 Å². The number of hydrogen-bond acceptors (Lipinski definition) is 6. The average Bonchev–Trinajstić information content (AvgIpc) is 2.79. The van der Waals surface area contributed by atoms with Crippen LogP contribution in [-0.4, -0.2) is 20.8 Å². The van der Waals surface area contributed by atoms with Gasteiger partial charge >= 0.3 is 5.69 Å². The number of ether oxygens (including phenoxy) is 1. The molecule has 0 radical (unpaired) electrons. The molecule has 0 unspecified atom stereocenters. The smallest absolute Gasteiger partial charge is 0.313 e. The van der Waals surface area contributed by atoms with Crippen LogP contribution in [0, 0.1) is 22.9 Å². The Labute approximate surface area is 205 Å². The highest BCUT2D eigenvalue weighted by atomic mass is 79.9. The molecule has 1 heterocycles. The van der Waals surface area contributed by atoms with Crippen molar-refractivity contribution in [2.75, 3.05) is 0 Å². The van der Waals surface area contributed by atoms with Crippen molar-refractivity contribution in [2.45, 2.75) is 13.5 Å². The second kappa shape index (κ2) is 9.70. The highest BCUT2D eigenvalue weighted by Crippen LogP contribution is 2.34. The summed E-state index contributed by atoms with van der Waals surface area (Å²) in [5.74, 6) is -0.366. The molecule has 0 aliphatic heterocycles. The van der Waals surface area contributed by atoms with Gasteiger partial charge in [0.25, 0.3) is 5.56 Å². The lowest BCUT2D eigenvalue weighted by Gasteiger charge is -2.11. The van der Waals surface area contributed by atoms with Crippen LogP contribution in [0.1, 0.15) is 17.0 Å². The molecular weight excluding hydrogens is 531 g/mol. The molecule has 34 heavy (non-hydrogen) atoms. The number of benzene rings is 3. The van der Waals surface area contributed by atoms with Gasteiger partial charge in [-0.05, 0) is 37.3 Å². The van der Waals surface area contributed by atoms with E-state index in [0.717, 1.165) is 10.7 Å². The molecule has 4 aromatic rings. The molecule has 0 saturated heterocycles. The molecule has 0 amide bonds. The molecule has 1 aromatic heterocycles. The number of rotatable bonds is 6. The molecule has 3 aromatic carbocycles. The van der Waals surface area contributed by atoms with Crippen LogP contribution >= 0.6 is 27.5 Å². The summed E-state index contributed by atoms with van der Waals surface area (Å²) in [4.78, 5) is 28.3. The first kappa shape index (κ1) is 23.5. The summed E-state index contributed by atoms with van der Waals surface area (Å²) in [5.41, 5.74) is 0.00645. The fourth-order valence-corrected chi connectivity index (χ4v) is 3.85. The summed E-state index contributed by atoms with van der Waals surface area (Å²) in [6.07, 6.45) is 1.22. The SMILES string of the molecule is Cc1nc2ccc(Br)cc2c(=O)n1N=Cc1cc(Cl)cc([N+](=O)[O-])c1OCc1ccccc1F. The molecule has 8 nitrogen and oxygen atoms in total. The molecule has 0 fully saturated rings. The van der Waals surface area contributed by atoms with Crippen LogP contribution in [0.15, 0.2) is 69.0 Å².